The van der Waals surface area contributed by atoms with Gasteiger partial charge >= 0.3 is 0 Å². The van der Waals surface area contributed by atoms with Gasteiger partial charge in [0.2, 0.25) is 0 Å². The van der Waals surface area contributed by atoms with E-state index in [9.17, 15) is 0 Å². The molecule has 0 fully saturated rings. The van der Waals surface area contributed by atoms with Crippen LogP contribution in [0.5, 0.6) is 0 Å². The van der Waals surface area contributed by atoms with Crippen molar-refractivity contribution in [2.24, 2.45) is 0 Å². The first-order chi connectivity index (χ1) is 29.7. The maximum Gasteiger partial charge on any atom is 0.164 e. The Hall–Kier alpha value is -7.80. The van der Waals surface area contributed by atoms with E-state index in [-0.39, 0.29) is 0 Å². The molecule has 0 aliphatic rings. The van der Waals surface area contributed by atoms with Gasteiger partial charge in [0.05, 0.1) is 5.52 Å². The largest absolute Gasteiger partial charge is 0.454 e. The fraction of sp³-hybridized carbons (Fsp3) is 0. The summed E-state index contributed by atoms with van der Waals surface area (Å²) in [5.41, 5.74) is 11.5. The van der Waals surface area contributed by atoms with Crippen LogP contribution in [0.15, 0.2) is 199 Å². The SMILES string of the molecule is c1ccc(-c2nc(-c3ccccc3)nc(-c3cccc(-c4cccc(-c5nc6cc(-c7ccc8c(c7)sc7ccccc78)ccc6c6c5oc5ccccc56)c4)c3)n2)cc1. The molecule has 4 aromatic heterocycles. The van der Waals surface area contributed by atoms with Crippen molar-refractivity contribution in [1.82, 2.24) is 19.9 Å². The topological polar surface area (TPSA) is 64.7 Å². The first-order valence-corrected chi connectivity index (χ1v) is 20.8. The number of fused-ring (bicyclic) bond motifs is 8. The second kappa shape index (κ2) is 13.9. The third-order valence-electron chi connectivity index (χ3n) is 11.3. The Morgan fingerprint density at radius 2 is 0.850 bits per heavy atom. The zero-order valence-electron chi connectivity index (χ0n) is 32.1. The number of furan rings is 1. The van der Waals surface area contributed by atoms with Gasteiger partial charge in [0.25, 0.3) is 0 Å². The van der Waals surface area contributed by atoms with E-state index in [1.165, 1.54) is 25.7 Å². The van der Waals surface area contributed by atoms with Crippen molar-refractivity contribution >= 4 is 64.4 Å². The summed E-state index contributed by atoms with van der Waals surface area (Å²) < 4.78 is 9.26. The van der Waals surface area contributed by atoms with Crippen LogP contribution in [-0.2, 0) is 0 Å². The molecule has 0 aliphatic carbocycles. The molecule has 280 valence electrons. The van der Waals surface area contributed by atoms with E-state index in [0.29, 0.717) is 17.5 Å². The second-order valence-corrected chi connectivity index (χ2v) is 16.1. The van der Waals surface area contributed by atoms with Crippen LogP contribution in [0.1, 0.15) is 0 Å². The Bertz CT molecular complexity index is 3550. The molecule has 0 atom stereocenters. The molecule has 0 saturated carbocycles. The number of hydrogen-bond donors (Lipinski definition) is 0. The molecule has 12 rings (SSSR count). The van der Waals surface area contributed by atoms with E-state index >= 15 is 0 Å². The number of hydrogen-bond acceptors (Lipinski definition) is 6. The van der Waals surface area contributed by atoms with Gasteiger partial charge in [-0.2, -0.15) is 0 Å². The van der Waals surface area contributed by atoms with Crippen LogP contribution in [0.2, 0.25) is 0 Å². The van der Waals surface area contributed by atoms with E-state index < -0.39 is 0 Å². The fourth-order valence-corrected chi connectivity index (χ4v) is 9.53. The molecule has 0 saturated heterocycles. The van der Waals surface area contributed by atoms with Crippen LogP contribution in [0.25, 0.3) is 121 Å². The molecule has 0 bridgehead atoms. The van der Waals surface area contributed by atoms with Gasteiger partial charge < -0.3 is 4.42 Å². The smallest absolute Gasteiger partial charge is 0.164 e. The Morgan fingerprint density at radius 3 is 1.58 bits per heavy atom. The molecule has 8 aromatic carbocycles. The summed E-state index contributed by atoms with van der Waals surface area (Å²) >= 11 is 1.84. The molecule has 60 heavy (non-hydrogen) atoms. The van der Waals surface area contributed by atoms with Crippen LogP contribution >= 0.6 is 11.3 Å². The average molecular weight is 785 g/mol. The minimum absolute atomic E-state index is 0.614. The number of aromatic nitrogens is 4. The van der Waals surface area contributed by atoms with E-state index in [4.69, 9.17) is 24.4 Å². The second-order valence-electron chi connectivity index (χ2n) is 15.0. The molecule has 4 heterocycles. The normalized spacial score (nSPS) is 11.7. The molecule has 0 N–H and O–H groups in total. The number of rotatable bonds is 6. The molecule has 0 aliphatic heterocycles. The molecule has 0 spiro atoms. The van der Waals surface area contributed by atoms with Crippen molar-refractivity contribution in [2.45, 2.75) is 0 Å². The summed E-state index contributed by atoms with van der Waals surface area (Å²) in [6.07, 6.45) is 0. The fourth-order valence-electron chi connectivity index (χ4n) is 8.39. The highest BCUT2D eigenvalue weighted by atomic mass is 32.1. The summed E-state index contributed by atoms with van der Waals surface area (Å²) in [6, 6.07) is 67.5. The van der Waals surface area contributed by atoms with E-state index in [1.807, 2.05) is 84.1 Å². The predicted molar refractivity (Wildman–Crippen MR) is 248 cm³/mol. The number of benzene rings is 8. The van der Waals surface area contributed by atoms with Crippen LogP contribution in [0.3, 0.4) is 0 Å². The Morgan fingerprint density at radius 1 is 0.333 bits per heavy atom. The van der Waals surface area contributed by atoms with Crippen molar-refractivity contribution < 1.29 is 4.42 Å². The van der Waals surface area contributed by atoms with E-state index in [0.717, 1.165) is 77.5 Å². The van der Waals surface area contributed by atoms with Crippen molar-refractivity contribution in [3.63, 3.8) is 0 Å². The number of thiophene rings is 1. The number of para-hydroxylation sites is 1. The standard InChI is InChI=1S/C54H32N4OS/c1-3-13-33(14-4-1)52-56-53(34-15-5-2-6-16-34)58-54(57-52)40-20-12-18-36(30-40)35-17-11-19-39(29-35)50-51-49(44-22-7-9-23-46(44)59-51)43-28-26-37(31-45(43)55-50)38-25-27-42-41-21-8-10-24-47(41)60-48(42)32-38/h1-32H. The third kappa shape index (κ3) is 5.84. The monoisotopic (exact) mass is 784 g/mol. The maximum absolute atomic E-state index is 6.67. The Labute approximate surface area is 348 Å². The van der Waals surface area contributed by atoms with Crippen LogP contribution in [0.4, 0.5) is 0 Å². The molecule has 5 nitrogen and oxygen atoms in total. The molecule has 0 radical (unpaired) electrons. The van der Waals surface area contributed by atoms with Crippen LogP contribution in [-0.4, -0.2) is 19.9 Å². The molecular formula is C54H32N4OS. The minimum atomic E-state index is 0.614. The van der Waals surface area contributed by atoms with Crippen molar-refractivity contribution in [1.29, 1.82) is 0 Å². The predicted octanol–water partition coefficient (Wildman–Crippen LogP) is 14.7. The van der Waals surface area contributed by atoms with Gasteiger partial charge in [0, 0.05) is 58.6 Å². The summed E-state index contributed by atoms with van der Waals surface area (Å²) in [5, 5.41) is 5.81. The lowest BCUT2D eigenvalue weighted by Crippen LogP contribution is -2.00. The molecule has 12 aromatic rings. The molecular weight excluding hydrogens is 753 g/mol. The van der Waals surface area contributed by atoms with Crippen molar-refractivity contribution in [2.75, 3.05) is 0 Å². The maximum atomic E-state index is 6.67. The zero-order valence-corrected chi connectivity index (χ0v) is 32.9. The van der Waals surface area contributed by atoms with Gasteiger partial charge in [0.15, 0.2) is 23.1 Å². The van der Waals surface area contributed by atoms with Crippen LogP contribution in [0, 0.1) is 0 Å². The molecule has 0 unspecified atom stereocenters. The van der Waals surface area contributed by atoms with Gasteiger partial charge in [-0.15, -0.1) is 11.3 Å². The summed E-state index contributed by atoms with van der Waals surface area (Å²) in [5.74, 6) is 1.88. The van der Waals surface area contributed by atoms with E-state index in [2.05, 4.69) is 121 Å². The third-order valence-corrected chi connectivity index (χ3v) is 12.4. The number of nitrogens with zero attached hydrogens (tertiary/aromatic N) is 4. The first-order valence-electron chi connectivity index (χ1n) is 20.0. The summed E-state index contributed by atoms with van der Waals surface area (Å²) in [6.45, 7) is 0. The Kier molecular flexibility index (Phi) is 7.96. The average Bonchev–Trinajstić information content (AvgIpc) is 3.90. The van der Waals surface area contributed by atoms with Gasteiger partial charge in [-0.25, -0.2) is 19.9 Å². The Balaban J connectivity index is 0.983. The summed E-state index contributed by atoms with van der Waals surface area (Å²) in [7, 11) is 0. The summed E-state index contributed by atoms with van der Waals surface area (Å²) in [4.78, 5) is 20.3. The number of pyridine rings is 1. The van der Waals surface area contributed by atoms with Gasteiger partial charge in [-0.3, -0.25) is 0 Å². The van der Waals surface area contributed by atoms with Crippen molar-refractivity contribution in [3.05, 3.63) is 194 Å². The first kappa shape index (κ1) is 34.3. The molecule has 0 amide bonds. The lowest BCUT2D eigenvalue weighted by Gasteiger charge is -2.11. The van der Waals surface area contributed by atoms with Crippen LogP contribution < -0.4 is 0 Å². The highest BCUT2D eigenvalue weighted by Gasteiger charge is 2.20. The van der Waals surface area contributed by atoms with Gasteiger partial charge in [-0.1, -0.05) is 158 Å². The van der Waals surface area contributed by atoms with Crippen molar-refractivity contribution in [3.8, 4) is 67.7 Å². The highest BCUT2D eigenvalue weighted by molar-refractivity contribution is 7.25. The zero-order chi connectivity index (χ0) is 39.6. The molecule has 6 heteroatoms. The van der Waals surface area contributed by atoms with Gasteiger partial charge in [-0.05, 0) is 58.7 Å². The highest BCUT2D eigenvalue weighted by Crippen LogP contribution is 2.42. The lowest BCUT2D eigenvalue weighted by molar-refractivity contribution is 0.669. The lowest BCUT2D eigenvalue weighted by atomic mass is 9.97. The van der Waals surface area contributed by atoms with Gasteiger partial charge in [0.1, 0.15) is 11.3 Å². The minimum Gasteiger partial charge on any atom is -0.454 e. The van der Waals surface area contributed by atoms with E-state index in [1.54, 1.807) is 0 Å². The quantitative estimate of drug-likeness (QED) is 0.168.